The maximum Gasteiger partial charge on any atom is 0.126 e. The van der Waals surface area contributed by atoms with Crippen molar-refractivity contribution in [3.63, 3.8) is 0 Å². The van der Waals surface area contributed by atoms with Crippen molar-refractivity contribution in [1.82, 2.24) is 5.32 Å². The third-order valence-electron chi connectivity index (χ3n) is 4.53. The molecule has 0 spiro atoms. The lowest BCUT2D eigenvalue weighted by Crippen LogP contribution is -2.42. The molecule has 3 rings (SSSR count). The van der Waals surface area contributed by atoms with Crippen molar-refractivity contribution in [2.45, 2.75) is 44.2 Å². The quantitative estimate of drug-likeness (QED) is 0.830. The van der Waals surface area contributed by atoms with Crippen LogP contribution in [0.3, 0.4) is 0 Å². The monoisotopic (exact) mass is 283 g/mol. The molecule has 1 N–H and O–H groups in total. The van der Waals surface area contributed by atoms with E-state index in [1.807, 2.05) is 18.2 Å². The Bertz CT molecular complexity index is 575. The molecule has 1 fully saturated rings. The van der Waals surface area contributed by atoms with E-state index in [0.29, 0.717) is 18.0 Å². The first-order valence-corrected chi connectivity index (χ1v) is 7.83. The van der Waals surface area contributed by atoms with Crippen LogP contribution < -0.4 is 5.32 Å². The SMILES string of the molecule is CCC(NC1CC(c2ccccc2F)C1)c1ccccc1. The molecule has 0 amide bonds. The zero-order valence-corrected chi connectivity index (χ0v) is 12.4. The van der Waals surface area contributed by atoms with Crippen molar-refractivity contribution in [3.05, 3.63) is 71.5 Å². The van der Waals surface area contributed by atoms with E-state index in [1.54, 1.807) is 12.1 Å². The van der Waals surface area contributed by atoms with Crippen LogP contribution in [0, 0.1) is 5.82 Å². The van der Waals surface area contributed by atoms with E-state index in [4.69, 9.17) is 0 Å². The lowest BCUT2D eigenvalue weighted by Gasteiger charge is -2.39. The Morgan fingerprint density at radius 2 is 1.71 bits per heavy atom. The van der Waals surface area contributed by atoms with Gasteiger partial charge in [0.25, 0.3) is 0 Å². The van der Waals surface area contributed by atoms with Gasteiger partial charge in [-0.2, -0.15) is 0 Å². The largest absolute Gasteiger partial charge is 0.307 e. The van der Waals surface area contributed by atoms with Crippen LogP contribution in [0.4, 0.5) is 4.39 Å². The molecule has 1 aliphatic carbocycles. The van der Waals surface area contributed by atoms with E-state index in [9.17, 15) is 4.39 Å². The molecule has 0 aliphatic heterocycles. The summed E-state index contributed by atoms with van der Waals surface area (Å²) in [5.41, 5.74) is 2.22. The second-order valence-electron chi connectivity index (χ2n) is 5.92. The summed E-state index contributed by atoms with van der Waals surface area (Å²) in [6.07, 6.45) is 3.14. The van der Waals surface area contributed by atoms with E-state index in [0.717, 1.165) is 24.8 Å². The molecule has 1 unspecified atom stereocenters. The molecule has 0 bridgehead atoms. The number of rotatable bonds is 5. The fraction of sp³-hybridized carbons (Fsp3) is 0.368. The highest BCUT2D eigenvalue weighted by atomic mass is 19.1. The molecule has 1 nitrogen and oxygen atoms in total. The predicted molar refractivity (Wildman–Crippen MR) is 84.8 cm³/mol. The summed E-state index contributed by atoms with van der Waals surface area (Å²) in [7, 11) is 0. The lowest BCUT2D eigenvalue weighted by atomic mass is 9.75. The summed E-state index contributed by atoms with van der Waals surface area (Å²) in [6, 6.07) is 18.6. The summed E-state index contributed by atoms with van der Waals surface area (Å²) in [5, 5.41) is 3.72. The molecule has 110 valence electrons. The minimum atomic E-state index is -0.0592. The van der Waals surface area contributed by atoms with Crippen molar-refractivity contribution in [3.8, 4) is 0 Å². The number of benzene rings is 2. The molecule has 0 radical (unpaired) electrons. The molecule has 1 saturated carbocycles. The van der Waals surface area contributed by atoms with Crippen molar-refractivity contribution in [2.24, 2.45) is 0 Å². The van der Waals surface area contributed by atoms with Gasteiger partial charge in [0, 0.05) is 12.1 Å². The summed E-state index contributed by atoms with van der Waals surface area (Å²) >= 11 is 0. The third-order valence-corrected chi connectivity index (χ3v) is 4.53. The van der Waals surface area contributed by atoms with Crippen LogP contribution in [0.2, 0.25) is 0 Å². The fourth-order valence-corrected chi connectivity index (χ4v) is 3.23. The average molecular weight is 283 g/mol. The first kappa shape index (κ1) is 14.3. The van der Waals surface area contributed by atoms with Crippen LogP contribution in [-0.4, -0.2) is 6.04 Å². The molecular weight excluding hydrogens is 261 g/mol. The Hall–Kier alpha value is -1.67. The van der Waals surface area contributed by atoms with Crippen LogP contribution >= 0.6 is 0 Å². The van der Waals surface area contributed by atoms with Gasteiger partial charge in [0.2, 0.25) is 0 Å². The van der Waals surface area contributed by atoms with Crippen LogP contribution in [0.5, 0.6) is 0 Å². The highest BCUT2D eigenvalue weighted by Gasteiger charge is 2.32. The molecule has 0 heterocycles. The minimum absolute atomic E-state index is 0.0592. The number of nitrogens with one attached hydrogen (secondary N) is 1. The Balaban J connectivity index is 1.58. The fourth-order valence-electron chi connectivity index (χ4n) is 3.23. The molecular formula is C19H22FN. The van der Waals surface area contributed by atoms with Gasteiger partial charge in [0.15, 0.2) is 0 Å². The van der Waals surface area contributed by atoms with Crippen LogP contribution in [-0.2, 0) is 0 Å². The highest BCUT2D eigenvalue weighted by molar-refractivity contribution is 5.25. The van der Waals surface area contributed by atoms with Gasteiger partial charge in [-0.1, -0.05) is 55.5 Å². The Morgan fingerprint density at radius 1 is 1.05 bits per heavy atom. The van der Waals surface area contributed by atoms with Crippen molar-refractivity contribution in [1.29, 1.82) is 0 Å². The van der Waals surface area contributed by atoms with Crippen LogP contribution in [0.25, 0.3) is 0 Å². The van der Waals surface area contributed by atoms with E-state index >= 15 is 0 Å². The maximum atomic E-state index is 13.8. The van der Waals surface area contributed by atoms with Gasteiger partial charge in [-0.05, 0) is 42.4 Å². The minimum Gasteiger partial charge on any atom is -0.307 e. The Morgan fingerprint density at radius 3 is 2.38 bits per heavy atom. The molecule has 1 atom stereocenters. The average Bonchev–Trinajstić information content (AvgIpc) is 2.48. The molecule has 2 aromatic rings. The van der Waals surface area contributed by atoms with Crippen LogP contribution in [0.1, 0.15) is 49.3 Å². The summed E-state index contributed by atoms with van der Waals surface area (Å²) in [4.78, 5) is 0. The van der Waals surface area contributed by atoms with Crippen molar-refractivity contribution >= 4 is 0 Å². The normalized spacial score (nSPS) is 22.6. The van der Waals surface area contributed by atoms with E-state index < -0.39 is 0 Å². The predicted octanol–water partition coefficient (Wildman–Crippen LogP) is 4.81. The number of hydrogen-bond donors (Lipinski definition) is 1. The number of halogens is 1. The van der Waals surface area contributed by atoms with E-state index in [2.05, 4.69) is 36.5 Å². The highest BCUT2D eigenvalue weighted by Crippen LogP contribution is 2.39. The van der Waals surface area contributed by atoms with Crippen LogP contribution in [0.15, 0.2) is 54.6 Å². The molecule has 0 aromatic heterocycles. The molecule has 2 aromatic carbocycles. The van der Waals surface area contributed by atoms with Gasteiger partial charge in [0.1, 0.15) is 5.82 Å². The summed E-state index contributed by atoms with van der Waals surface area (Å²) in [5.74, 6) is 0.313. The van der Waals surface area contributed by atoms with Gasteiger partial charge in [0.05, 0.1) is 0 Å². The van der Waals surface area contributed by atoms with Gasteiger partial charge in [-0.3, -0.25) is 0 Å². The molecule has 21 heavy (non-hydrogen) atoms. The zero-order valence-electron chi connectivity index (χ0n) is 12.4. The van der Waals surface area contributed by atoms with Gasteiger partial charge in [-0.15, -0.1) is 0 Å². The zero-order chi connectivity index (χ0) is 14.7. The van der Waals surface area contributed by atoms with Gasteiger partial charge < -0.3 is 5.32 Å². The Labute approximate surface area is 126 Å². The second-order valence-corrected chi connectivity index (χ2v) is 5.92. The standard InChI is InChI=1S/C19H22FN/c1-2-19(14-8-4-3-5-9-14)21-16-12-15(13-16)17-10-6-7-11-18(17)20/h3-11,15-16,19,21H,2,12-13H2,1H3. The van der Waals surface area contributed by atoms with Crippen molar-refractivity contribution < 1.29 is 4.39 Å². The van der Waals surface area contributed by atoms with Gasteiger partial charge in [-0.25, -0.2) is 4.39 Å². The number of hydrogen-bond acceptors (Lipinski definition) is 1. The second kappa shape index (κ2) is 6.40. The first-order valence-electron chi connectivity index (χ1n) is 7.83. The summed E-state index contributed by atoms with van der Waals surface area (Å²) in [6.45, 7) is 2.21. The maximum absolute atomic E-state index is 13.8. The third kappa shape index (κ3) is 3.16. The topological polar surface area (TPSA) is 12.0 Å². The molecule has 0 saturated heterocycles. The summed E-state index contributed by atoms with van der Waals surface area (Å²) < 4.78 is 13.8. The van der Waals surface area contributed by atoms with E-state index in [-0.39, 0.29) is 5.82 Å². The smallest absolute Gasteiger partial charge is 0.126 e. The molecule has 2 heteroatoms. The molecule has 1 aliphatic rings. The van der Waals surface area contributed by atoms with E-state index in [1.165, 1.54) is 5.56 Å². The van der Waals surface area contributed by atoms with Gasteiger partial charge >= 0.3 is 0 Å². The lowest BCUT2D eigenvalue weighted by molar-refractivity contribution is 0.258. The Kier molecular flexibility index (Phi) is 4.35. The van der Waals surface area contributed by atoms with Crippen molar-refractivity contribution in [2.75, 3.05) is 0 Å². The first-order chi connectivity index (χ1) is 10.3.